The van der Waals surface area contributed by atoms with Gasteiger partial charge in [-0.25, -0.2) is 9.59 Å². The highest BCUT2D eigenvalue weighted by molar-refractivity contribution is 8.14. The van der Waals surface area contributed by atoms with Gasteiger partial charge in [-0.1, -0.05) is 36.5 Å². The van der Waals surface area contributed by atoms with Gasteiger partial charge in [0.25, 0.3) is 0 Å². The van der Waals surface area contributed by atoms with Crippen LogP contribution < -0.4 is 4.74 Å². The lowest BCUT2D eigenvalue weighted by Gasteiger charge is -2.22. The van der Waals surface area contributed by atoms with Gasteiger partial charge in [0.15, 0.2) is 5.12 Å². The fourth-order valence-electron chi connectivity index (χ4n) is 2.73. The maximum atomic E-state index is 12.6. The van der Waals surface area contributed by atoms with Gasteiger partial charge in [0.05, 0.1) is 7.11 Å². The number of rotatable bonds is 7. The average molecular weight is 393 g/mol. The second kappa shape index (κ2) is 10.0. The number of hydrogen-bond donors (Lipinski definition) is 0. The molecule has 0 aromatic heterocycles. The highest BCUT2D eigenvalue weighted by Gasteiger charge is 2.42. The molecular weight excluding hydrogens is 370 g/mol. The molecule has 8 heteroatoms. The van der Waals surface area contributed by atoms with E-state index in [-0.39, 0.29) is 30.1 Å². The van der Waals surface area contributed by atoms with Gasteiger partial charge < -0.3 is 14.2 Å². The summed E-state index contributed by atoms with van der Waals surface area (Å²) in [5.41, 5.74) is 0.803. The van der Waals surface area contributed by atoms with E-state index in [0.717, 1.165) is 17.3 Å². The summed E-state index contributed by atoms with van der Waals surface area (Å²) in [6.45, 7) is 5.34. The third-order valence-corrected chi connectivity index (χ3v) is 4.97. The number of esters is 1. The SMILES string of the molecule is C=CCOC(=O)N1C[C@@H](SC(C)=O)C[C@H]1C(=O)OCc1ccc(OC)cc1. The number of carbonyl (C=O) groups excluding carboxylic acids is 3. The van der Waals surface area contributed by atoms with Crippen molar-refractivity contribution in [1.82, 2.24) is 4.90 Å². The van der Waals surface area contributed by atoms with Gasteiger partial charge in [-0.3, -0.25) is 9.69 Å². The lowest BCUT2D eigenvalue weighted by atomic mass is 10.2. The van der Waals surface area contributed by atoms with Crippen LogP contribution in [0.15, 0.2) is 36.9 Å². The zero-order chi connectivity index (χ0) is 19.8. The number of nitrogens with zero attached hydrogens (tertiary/aromatic N) is 1. The molecule has 0 unspecified atom stereocenters. The molecule has 2 atom stereocenters. The van der Waals surface area contributed by atoms with Crippen molar-refractivity contribution in [3.05, 3.63) is 42.5 Å². The molecule has 1 heterocycles. The van der Waals surface area contributed by atoms with Crippen LogP contribution in [-0.2, 0) is 25.7 Å². The zero-order valence-corrected chi connectivity index (χ0v) is 16.2. The number of amides is 1. The summed E-state index contributed by atoms with van der Waals surface area (Å²) in [6, 6.07) is 6.36. The predicted octanol–water partition coefficient (Wildman–Crippen LogP) is 2.78. The Hall–Kier alpha value is -2.48. The van der Waals surface area contributed by atoms with Gasteiger partial charge in [0.2, 0.25) is 0 Å². The van der Waals surface area contributed by atoms with E-state index in [9.17, 15) is 14.4 Å². The predicted molar refractivity (Wildman–Crippen MR) is 102 cm³/mol. The number of methoxy groups -OCH3 is 1. The molecule has 1 aliphatic rings. The third kappa shape index (κ3) is 6.02. The first kappa shape index (κ1) is 20.8. The van der Waals surface area contributed by atoms with E-state index in [4.69, 9.17) is 14.2 Å². The molecule has 7 nitrogen and oxygen atoms in total. The van der Waals surface area contributed by atoms with Gasteiger partial charge in [-0.15, -0.1) is 0 Å². The highest BCUT2D eigenvalue weighted by atomic mass is 32.2. The van der Waals surface area contributed by atoms with Crippen molar-refractivity contribution in [2.45, 2.75) is 31.2 Å². The molecule has 0 saturated carbocycles. The lowest BCUT2D eigenvalue weighted by molar-refractivity contribution is -0.149. The molecule has 146 valence electrons. The topological polar surface area (TPSA) is 82.1 Å². The molecule has 1 aromatic rings. The summed E-state index contributed by atoms with van der Waals surface area (Å²) in [7, 11) is 1.57. The smallest absolute Gasteiger partial charge is 0.410 e. The number of carbonyl (C=O) groups is 3. The van der Waals surface area contributed by atoms with Gasteiger partial charge in [0.1, 0.15) is 25.0 Å². The average Bonchev–Trinajstić information content (AvgIpc) is 3.07. The van der Waals surface area contributed by atoms with Crippen molar-refractivity contribution < 1.29 is 28.6 Å². The van der Waals surface area contributed by atoms with Crippen LogP contribution in [0.1, 0.15) is 18.9 Å². The number of likely N-dealkylation sites (tertiary alicyclic amines) is 1. The largest absolute Gasteiger partial charge is 0.497 e. The summed E-state index contributed by atoms with van der Waals surface area (Å²) < 4.78 is 15.5. The summed E-state index contributed by atoms with van der Waals surface area (Å²) in [5, 5.41) is -0.232. The molecule has 1 amide bonds. The minimum absolute atomic E-state index is 0.0491. The molecular formula is C19H23NO6S. The zero-order valence-electron chi connectivity index (χ0n) is 15.4. The van der Waals surface area contributed by atoms with Crippen LogP contribution in [0.5, 0.6) is 5.75 Å². The Labute approximate surface area is 162 Å². The number of benzene rings is 1. The number of thioether (sulfide) groups is 1. The van der Waals surface area contributed by atoms with Crippen LogP contribution in [0, 0.1) is 0 Å². The Kier molecular flexibility index (Phi) is 7.72. The van der Waals surface area contributed by atoms with Crippen LogP contribution in [0.2, 0.25) is 0 Å². The molecule has 1 aromatic carbocycles. The molecule has 0 aliphatic carbocycles. The fraction of sp³-hybridized carbons (Fsp3) is 0.421. The fourth-order valence-corrected chi connectivity index (χ4v) is 3.71. The molecule has 2 rings (SSSR count). The van der Waals surface area contributed by atoms with Crippen molar-refractivity contribution in [3.63, 3.8) is 0 Å². The van der Waals surface area contributed by atoms with Gasteiger partial charge in [-0.2, -0.15) is 0 Å². The van der Waals surface area contributed by atoms with E-state index < -0.39 is 18.1 Å². The second-order valence-corrected chi connectivity index (χ2v) is 7.43. The van der Waals surface area contributed by atoms with Crippen molar-refractivity contribution in [1.29, 1.82) is 0 Å². The summed E-state index contributed by atoms with van der Waals surface area (Å²) >= 11 is 1.12. The Balaban J connectivity index is 2.00. The molecule has 0 N–H and O–H groups in total. The molecule has 0 radical (unpaired) electrons. The van der Waals surface area contributed by atoms with Crippen LogP contribution in [0.4, 0.5) is 4.79 Å². The first-order chi connectivity index (χ1) is 12.9. The molecule has 0 bridgehead atoms. The third-order valence-electron chi connectivity index (χ3n) is 3.97. The Morgan fingerprint density at radius 1 is 1.26 bits per heavy atom. The van der Waals surface area contributed by atoms with E-state index in [2.05, 4.69) is 6.58 Å². The lowest BCUT2D eigenvalue weighted by Crippen LogP contribution is -2.41. The van der Waals surface area contributed by atoms with Crippen LogP contribution in [0.25, 0.3) is 0 Å². The summed E-state index contributed by atoms with van der Waals surface area (Å²) in [4.78, 5) is 37.5. The highest BCUT2D eigenvalue weighted by Crippen LogP contribution is 2.29. The summed E-state index contributed by atoms with van der Waals surface area (Å²) in [6.07, 6.45) is 1.18. The van der Waals surface area contributed by atoms with E-state index in [1.807, 2.05) is 0 Å². The van der Waals surface area contributed by atoms with Crippen molar-refractivity contribution in [2.24, 2.45) is 0 Å². The van der Waals surface area contributed by atoms with Gasteiger partial charge >= 0.3 is 12.1 Å². The van der Waals surface area contributed by atoms with Crippen LogP contribution in [0.3, 0.4) is 0 Å². The number of hydrogen-bond acceptors (Lipinski definition) is 7. The molecule has 27 heavy (non-hydrogen) atoms. The Morgan fingerprint density at radius 3 is 2.56 bits per heavy atom. The van der Waals surface area contributed by atoms with E-state index >= 15 is 0 Å². The first-order valence-corrected chi connectivity index (χ1v) is 9.33. The van der Waals surface area contributed by atoms with E-state index in [1.54, 1.807) is 31.4 Å². The molecule has 1 fully saturated rings. The van der Waals surface area contributed by atoms with Crippen LogP contribution in [-0.4, -0.2) is 53.6 Å². The standard InChI is InChI=1S/C19H23NO6S/c1-4-9-25-19(23)20-11-16(27-13(2)21)10-17(20)18(22)26-12-14-5-7-15(24-3)8-6-14/h4-8,16-17H,1,9-12H2,2-3H3/t16-,17-/m0/s1. The van der Waals surface area contributed by atoms with Crippen molar-refractivity contribution in [2.75, 3.05) is 20.3 Å². The van der Waals surface area contributed by atoms with E-state index in [1.165, 1.54) is 17.9 Å². The van der Waals surface area contributed by atoms with Crippen molar-refractivity contribution >= 4 is 28.9 Å². The van der Waals surface area contributed by atoms with Gasteiger partial charge in [0, 0.05) is 18.7 Å². The molecule has 1 saturated heterocycles. The summed E-state index contributed by atoms with van der Waals surface area (Å²) in [5.74, 6) is 0.189. The second-order valence-electron chi connectivity index (χ2n) is 5.96. The minimum atomic E-state index is -0.780. The quantitative estimate of drug-likeness (QED) is 0.520. The van der Waals surface area contributed by atoms with E-state index in [0.29, 0.717) is 12.2 Å². The minimum Gasteiger partial charge on any atom is -0.497 e. The number of ether oxygens (including phenoxy) is 3. The maximum absolute atomic E-state index is 12.6. The Morgan fingerprint density at radius 2 is 1.96 bits per heavy atom. The molecule has 1 aliphatic heterocycles. The monoisotopic (exact) mass is 393 g/mol. The molecule has 0 spiro atoms. The maximum Gasteiger partial charge on any atom is 0.410 e. The normalized spacial score (nSPS) is 18.7. The van der Waals surface area contributed by atoms with Gasteiger partial charge in [-0.05, 0) is 24.1 Å². The Bertz CT molecular complexity index is 690. The first-order valence-electron chi connectivity index (χ1n) is 8.45. The van der Waals surface area contributed by atoms with Crippen LogP contribution >= 0.6 is 11.8 Å². The van der Waals surface area contributed by atoms with Crippen molar-refractivity contribution in [3.8, 4) is 5.75 Å².